The predicted molar refractivity (Wildman–Crippen MR) is 86.7 cm³/mol. The summed E-state index contributed by atoms with van der Waals surface area (Å²) in [4.78, 5) is 24.5. The summed E-state index contributed by atoms with van der Waals surface area (Å²) in [6.07, 6.45) is -0.859. The molecule has 1 N–H and O–H groups in total. The van der Waals surface area contributed by atoms with E-state index in [0.717, 1.165) is 10.0 Å². The van der Waals surface area contributed by atoms with Crippen LogP contribution in [0.5, 0.6) is 0 Å². The lowest BCUT2D eigenvalue weighted by Crippen LogP contribution is -2.29. The second kappa shape index (κ2) is 6.87. The molecule has 0 aliphatic rings. The summed E-state index contributed by atoms with van der Waals surface area (Å²) in [7, 11) is 0. The van der Waals surface area contributed by atoms with Gasteiger partial charge in [-0.3, -0.25) is 4.79 Å². The molecule has 4 nitrogen and oxygen atoms in total. The van der Waals surface area contributed by atoms with Crippen LogP contribution < -0.4 is 5.32 Å². The average molecular weight is 368 g/mol. The molecule has 0 unspecified atom stereocenters. The molecule has 1 amide bonds. The fourth-order valence-corrected chi connectivity index (χ4v) is 2.70. The van der Waals surface area contributed by atoms with Gasteiger partial charge >= 0.3 is 5.97 Å². The number of hydrogen-bond donors (Lipinski definition) is 1. The molecule has 110 valence electrons. The zero-order chi connectivity index (χ0) is 15.4. The van der Waals surface area contributed by atoms with Gasteiger partial charge in [0.2, 0.25) is 0 Å². The van der Waals surface area contributed by atoms with Crippen molar-refractivity contribution in [2.45, 2.75) is 20.0 Å². The lowest BCUT2D eigenvalue weighted by Gasteiger charge is -2.13. The minimum atomic E-state index is -0.859. The number of amides is 1. The molecule has 2 rings (SSSR count). The molecule has 0 aliphatic carbocycles. The van der Waals surface area contributed by atoms with E-state index in [9.17, 15) is 9.59 Å². The van der Waals surface area contributed by atoms with E-state index in [-0.39, 0.29) is 5.91 Å². The topological polar surface area (TPSA) is 55.4 Å². The van der Waals surface area contributed by atoms with Crippen molar-refractivity contribution >= 4 is 44.8 Å². The fraction of sp³-hybridized carbons (Fsp3) is 0.200. The van der Waals surface area contributed by atoms with Gasteiger partial charge in [0.25, 0.3) is 5.91 Å². The van der Waals surface area contributed by atoms with Gasteiger partial charge in [-0.1, -0.05) is 15.9 Å². The molecular formula is C15H14BrNO3S. The maximum Gasteiger partial charge on any atom is 0.349 e. The molecule has 1 aromatic carbocycles. The van der Waals surface area contributed by atoms with Crippen LogP contribution in [-0.2, 0) is 9.53 Å². The van der Waals surface area contributed by atoms with Crippen LogP contribution in [0.25, 0.3) is 0 Å². The van der Waals surface area contributed by atoms with E-state index in [2.05, 4.69) is 21.2 Å². The summed E-state index contributed by atoms with van der Waals surface area (Å²) in [5.41, 5.74) is 1.50. The summed E-state index contributed by atoms with van der Waals surface area (Å²) in [6, 6.07) is 9.01. The van der Waals surface area contributed by atoms with Gasteiger partial charge in [0.05, 0.1) is 0 Å². The van der Waals surface area contributed by atoms with Crippen molar-refractivity contribution in [3.63, 3.8) is 0 Å². The van der Waals surface area contributed by atoms with Crippen molar-refractivity contribution in [1.82, 2.24) is 0 Å². The second-order valence-electron chi connectivity index (χ2n) is 4.48. The van der Waals surface area contributed by atoms with Crippen LogP contribution in [0.3, 0.4) is 0 Å². The minimum absolute atomic E-state index is 0.361. The first-order valence-electron chi connectivity index (χ1n) is 6.29. The third-order valence-electron chi connectivity index (χ3n) is 2.81. The Morgan fingerprint density at radius 3 is 2.48 bits per heavy atom. The molecule has 21 heavy (non-hydrogen) atoms. The van der Waals surface area contributed by atoms with Crippen LogP contribution in [0.1, 0.15) is 22.2 Å². The van der Waals surface area contributed by atoms with Crippen LogP contribution >= 0.6 is 27.3 Å². The van der Waals surface area contributed by atoms with Crippen molar-refractivity contribution in [3.05, 3.63) is 50.6 Å². The van der Waals surface area contributed by atoms with E-state index < -0.39 is 12.1 Å². The second-order valence-corrected chi connectivity index (χ2v) is 6.31. The zero-order valence-corrected chi connectivity index (χ0v) is 14.0. The van der Waals surface area contributed by atoms with Crippen molar-refractivity contribution in [2.24, 2.45) is 0 Å². The van der Waals surface area contributed by atoms with Crippen molar-refractivity contribution < 1.29 is 14.3 Å². The van der Waals surface area contributed by atoms with E-state index in [1.54, 1.807) is 19.1 Å². The fourth-order valence-electron chi connectivity index (χ4n) is 1.63. The number of carbonyl (C=O) groups is 2. The maximum atomic E-state index is 12.0. The normalized spacial score (nSPS) is 11.8. The highest BCUT2D eigenvalue weighted by atomic mass is 79.9. The van der Waals surface area contributed by atoms with Crippen LogP contribution in [0.2, 0.25) is 0 Å². The van der Waals surface area contributed by atoms with Gasteiger partial charge in [-0.05, 0) is 55.1 Å². The average Bonchev–Trinajstić information content (AvgIpc) is 2.87. The van der Waals surface area contributed by atoms with Gasteiger partial charge in [-0.2, -0.15) is 0 Å². The molecule has 0 saturated heterocycles. The van der Waals surface area contributed by atoms with Gasteiger partial charge < -0.3 is 10.1 Å². The van der Waals surface area contributed by atoms with Gasteiger partial charge in [-0.25, -0.2) is 4.79 Å². The number of halogens is 1. The van der Waals surface area contributed by atoms with E-state index in [1.807, 2.05) is 30.5 Å². The molecule has 1 heterocycles. The molecule has 0 radical (unpaired) electrons. The Kier molecular flexibility index (Phi) is 5.14. The number of rotatable bonds is 4. The molecule has 2 aromatic rings. The molecule has 6 heteroatoms. The van der Waals surface area contributed by atoms with E-state index >= 15 is 0 Å². The number of benzene rings is 1. The summed E-state index contributed by atoms with van der Waals surface area (Å²) < 4.78 is 6.11. The number of aryl methyl sites for hydroxylation is 1. The van der Waals surface area contributed by atoms with Gasteiger partial charge in [-0.15, -0.1) is 11.3 Å². The highest BCUT2D eigenvalue weighted by molar-refractivity contribution is 9.10. The van der Waals surface area contributed by atoms with E-state index in [0.29, 0.717) is 10.6 Å². The van der Waals surface area contributed by atoms with Crippen molar-refractivity contribution in [3.8, 4) is 0 Å². The Labute approximate surface area is 135 Å². The SMILES string of the molecule is Cc1ccsc1C(=O)O[C@H](C)C(=O)Nc1ccc(Br)cc1. The first-order chi connectivity index (χ1) is 9.97. The monoisotopic (exact) mass is 367 g/mol. The van der Waals surface area contributed by atoms with Crippen molar-refractivity contribution in [2.75, 3.05) is 5.32 Å². The smallest absolute Gasteiger partial charge is 0.349 e. The Hall–Kier alpha value is -1.66. The molecule has 0 aliphatic heterocycles. The van der Waals surface area contributed by atoms with E-state index in [1.165, 1.54) is 11.3 Å². The lowest BCUT2D eigenvalue weighted by molar-refractivity contribution is -0.123. The third kappa shape index (κ3) is 4.15. The molecule has 0 bridgehead atoms. The molecule has 1 aromatic heterocycles. The molecule has 0 fully saturated rings. The zero-order valence-electron chi connectivity index (χ0n) is 11.6. The highest BCUT2D eigenvalue weighted by Crippen LogP contribution is 2.18. The van der Waals surface area contributed by atoms with Gasteiger partial charge in [0.1, 0.15) is 4.88 Å². The lowest BCUT2D eigenvalue weighted by atomic mass is 10.3. The molecule has 0 saturated carbocycles. The Morgan fingerprint density at radius 1 is 1.24 bits per heavy atom. The number of esters is 1. The number of hydrogen-bond acceptors (Lipinski definition) is 4. The third-order valence-corrected chi connectivity index (χ3v) is 4.34. The molecular weight excluding hydrogens is 354 g/mol. The summed E-state index contributed by atoms with van der Waals surface area (Å²) >= 11 is 4.63. The number of ether oxygens (including phenoxy) is 1. The quantitative estimate of drug-likeness (QED) is 0.830. The van der Waals surface area contributed by atoms with Gasteiger partial charge in [0, 0.05) is 10.2 Å². The minimum Gasteiger partial charge on any atom is -0.448 e. The van der Waals surface area contributed by atoms with Crippen LogP contribution in [-0.4, -0.2) is 18.0 Å². The number of anilines is 1. The standard InChI is InChI=1S/C15H14BrNO3S/c1-9-7-8-21-13(9)15(19)20-10(2)14(18)17-12-5-3-11(16)4-6-12/h3-8,10H,1-2H3,(H,17,18)/t10-/m1/s1. The first kappa shape index (κ1) is 15.7. The number of carbonyl (C=O) groups excluding carboxylic acids is 2. The number of thiophene rings is 1. The van der Waals surface area contributed by atoms with Crippen molar-refractivity contribution in [1.29, 1.82) is 0 Å². The highest BCUT2D eigenvalue weighted by Gasteiger charge is 2.20. The summed E-state index contributed by atoms with van der Waals surface area (Å²) in [5, 5.41) is 4.52. The Bertz CT molecular complexity index is 651. The largest absolute Gasteiger partial charge is 0.448 e. The summed E-state index contributed by atoms with van der Waals surface area (Å²) in [6.45, 7) is 3.38. The summed E-state index contributed by atoms with van der Waals surface area (Å²) in [5.74, 6) is -0.833. The Morgan fingerprint density at radius 2 is 1.90 bits per heavy atom. The van der Waals surface area contributed by atoms with Crippen LogP contribution in [0.4, 0.5) is 5.69 Å². The maximum absolute atomic E-state index is 12.0. The molecule has 1 atom stereocenters. The van der Waals surface area contributed by atoms with E-state index in [4.69, 9.17) is 4.74 Å². The van der Waals surface area contributed by atoms with Crippen LogP contribution in [0, 0.1) is 6.92 Å². The Balaban J connectivity index is 1.95. The van der Waals surface area contributed by atoms with Gasteiger partial charge in [0.15, 0.2) is 6.10 Å². The first-order valence-corrected chi connectivity index (χ1v) is 7.96. The molecule has 0 spiro atoms. The number of nitrogens with one attached hydrogen (secondary N) is 1. The predicted octanol–water partition coefficient (Wildman–Crippen LogP) is 4.00. The van der Waals surface area contributed by atoms with Crippen LogP contribution in [0.15, 0.2) is 40.2 Å².